The van der Waals surface area contributed by atoms with E-state index in [2.05, 4.69) is 60.7 Å². The Labute approximate surface area is 434 Å². The number of likely N-dealkylation sites (tertiary alicyclic amines) is 1. The number of aryl methyl sites for hydroxylation is 2. The van der Waals surface area contributed by atoms with Crippen LogP contribution in [0.2, 0.25) is 0 Å². The van der Waals surface area contributed by atoms with Crippen LogP contribution < -0.4 is 25.2 Å². The molecule has 3 saturated heterocycles. The SMILES string of the molecule is Cn1nc(C2CCC(=O)NC2=O)c2ccc(N3CCC(CCCN4CCC(CCc5ccc(OCc6ccc(N7CCc8cccc(C(=O)Nc9nc%10ccccc%10s9)c8C7)nc6C(=O)O)cc5)CC4)CC3)cc21. The number of benzene rings is 4. The summed E-state index contributed by atoms with van der Waals surface area (Å²) >= 11 is 1.44. The summed E-state index contributed by atoms with van der Waals surface area (Å²) in [5.41, 5.74) is 8.11. The molecule has 74 heavy (non-hydrogen) atoms. The zero-order valence-corrected chi connectivity index (χ0v) is 42.7. The molecule has 1 atom stereocenters. The molecule has 7 aromatic rings. The van der Waals surface area contributed by atoms with E-state index in [4.69, 9.17) is 9.84 Å². The minimum Gasteiger partial charge on any atom is -0.489 e. The lowest BCUT2D eigenvalue weighted by molar-refractivity contribution is -0.134. The van der Waals surface area contributed by atoms with Crippen LogP contribution in [0.15, 0.2) is 97.1 Å². The monoisotopic (exact) mass is 1010 g/mol. The van der Waals surface area contributed by atoms with Gasteiger partial charge in [-0.15, -0.1) is 0 Å². The van der Waals surface area contributed by atoms with Crippen LogP contribution in [0, 0.1) is 11.8 Å². The summed E-state index contributed by atoms with van der Waals surface area (Å²) in [5.74, 6) is 0.517. The third-order valence-corrected chi connectivity index (χ3v) is 16.8. The zero-order chi connectivity index (χ0) is 50.7. The van der Waals surface area contributed by atoms with Gasteiger partial charge in [0.05, 0.1) is 27.3 Å². The van der Waals surface area contributed by atoms with Crippen LogP contribution in [0.25, 0.3) is 21.1 Å². The second-order valence-electron chi connectivity index (χ2n) is 20.6. The Balaban J connectivity index is 0.597. The topological polar surface area (TPSA) is 175 Å². The number of pyridine rings is 1. The lowest BCUT2D eigenvalue weighted by Crippen LogP contribution is -2.39. The molecule has 3 fully saturated rings. The number of carboxylic acid groups (broad SMARTS) is 1. The highest BCUT2D eigenvalue weighted by Gasteiger charge is 2.32. The summed E-state index contributed by atoms with van der Waals surface area (Å²) in [6.07, 6.45) is 11.1. The number of anilines is 3. The summed E-state index contributed by atoms with van der Waals surface area (Å²) in [5, 5.41) is 22.0. The number of nitrogens with zero attached hydrogens (tertiary/aromatic N) is 7. The van der Waals surface area contributed by atoms with Gasteiger partial charge in [0.2, 0.25) is 11.8 Å². The van der Waals surface area contributed by atoms with E-state index in [0.717, 1.165) is 69.3 Å². The molecule has 0 aliphatic carbocycles. The molecular formula is C58H63N9O6S. The number of para-hydroxylation sites is 1. The molecule has 15 nitrogen and oxygen atoms in total. The molecule has 16 heteroatoms. The van der Waals surface area contributed by atoms with Gasteiger partial charge in [0.15, 0.2) is 10.8 Å². The van der Waals surface area contributed by atoms with Gasteiger partial charge < -0.3 is 24.5 Å². The largest absolute Gasteiger partial charge is 0.489 e. The fraction of sp³-hybridized carbons (Fsp3) is 0.397. The van der Waals surface area contributed by atoms with E-state index in [0.29, 0.717) is 60.2 Å². The lowest BCUT2D eigenvalue weighted by atomic mass is 9.89. The van der Waals surface area contributed by atoms with E-state index in [1.54, 1.807) is 6.07 Å². The molecule has 4 aliphatic heterocycles. The first-order valence-corrected chi connectivity index (χ1v) is 27.2. The van der Waals surface area contributed by atoms with Gasteiger partial charge in [0, 0.05) is 61.8 Å². The van der Waals surface area contributed by atoms with Gasteiger partial charge in [-0.2, -0.15) is 5.10 Å². The number of nitrogens with one attached hydrogen (secondary N) is 2. The summed E-state index contributed by atoms with van der Waals surface area (Å²) in [6.45, 7) is 6.75. The molecule has 3 amide bonds. The Hall–Kier alpha value is -7.17. The van der Waals surface area contributed by atoms with Crippen molar-refractivity contribution >= 4 is 72.8 Å². The minimum atomic E-state index is -1.11. The molecular weight excluding hydrogens is 951 g/mol. The van der Waals surface area contributed by atoms with E-state index in [1.165, 1.54) is 87.2 Å². The number of carbonyl (C=O) groups is 4. The number of carboxylic acids is 1. The molecule has 0 saturated carbocycles. The van der Waals surface area contributed by atoms with Crippen molar-refractivity contribution in [2.75, 3.05) is 54.4 Å². The highest BCUT2D eigenvalue weighted by molar-refractivity contribution is 7.22. The fourth-order valence-electron chi connectivity index (χ4n) is 11.6. The number of ether oxygens (including phenoxy) is 1. The van der Waals surface area contributed by atoms with E-state index in [-0.39, 0.29) is 30.0 Å². The van der Waals surface area contributed by atoms with Crippen LogP contribution >= 0.6 is 11.3 Å². The minimum absolute atomic E-state index is 0.0439. The van der Waals surface area contributed by atoms with Crippen molar-refractivity contribution < 1.29 is 29.0 Å². The first-order chi connectivity index (χ1) is 36.1. The summed E-state index contributed by atoms with van der Waals surface area (Å²) in [6, 6.07) is 31.9. The van der Waals surface area contributed by atoms with Crippen LogP contribution in [-0.4, -0.2) is 92.7 Å². The maximum atomic E-state index is 13.6. The first-order valence-electron chi connectivity index (χ1n) is 26.3. The summed E-state index contributed by atoms with van der Waals surface area (Å²) in [4.78, 5) is 66.8. The predicted molar refractivity (Wildman–Crippen MR) is 288 cm³/mol. The molecule has 0 radical (unpaired) electrons. The van der Waals surface area contributed by atoms with Gasteiger partial charge in [0.25, 0.3) is 5.91 Å². The van der Waals surface area contributed by atoms with E-state index in [9.17, 15) is 24.3 Å². The van der Waals surface area contributed by atoms with Crippen LogP contribution in [0.3, 0.4) is 0 Å². The maximum Gasteiger partial charge on any atom is 0.354 e. The number of thiazole rings is 1. The number of carbonyl (C=O) groups excluding carboxylic acids is 3. The molecule has 11 rings (SSSR count). The van der Waals surface area contributed by atoms with E-state index in [1.807, 2.05) is 77.3 Å². The third-order valence-electron chi connectivity index (χ3n) is 15.9. The third kappa shape index (κ3) is 10.9. The molecule has 0 bridgehead atoms. The molecule has 1 unspecified atom stereocenters. The van der Waals surface area contributed by atoms with Crippen molar-refractivity contribution in [1.82, 2.24) is 30.0 Å². The van der Waals surface area contributed by atoms with Crippen molar-refractivity contribution in [1.29, 1.82) is 0 Å². The predicted octanol–water partition coefficient (Wildman–Crippen LogP) is 9.53. The average Bonchev–Trinajstić information content (AvgIpc) is 3.99. The van der Waals surface area contributed by atoms with Crippen LogP contribution in [-0.2, 0) is 42.6 Å². The summed E-state index contributed by atoms with van der Waals surface area (Å²) < 4.78 is 9.00. The molecule has 3 N–H and O–H groups in total. The smallest absolute Gasteiger partial charge is 0.354 e. The number of hydrogen-bond acceptors (Lipinski definition) is 12. The Morgan fingerprint density at radius 2 is 1.62 bits per heavy atom. The number of imide groups is 1. The van der Waals surface area contributed by atoms with Crippen molar-refractivity contribution in [3.63, 3.8) is 0 Å². The number of hydrogen-bond donors (Lipinski definition) is 3. The van der Waals surface area contributed by atoms with E-state index >= 15 is 0 Å². The van der Waals surface area contributed by atoms with Crippen molar-refractivity contribution in [3.05, 3.63) is 136 Å². The van der Waals surface area contributed by atoms with Gasteiger partial charge in [-0.25, -0.2) is 14.8 Å². The maximum absolute atomic E-state index is 13.6. The van der Waals surface area contributed by atoms with Crippen LogP contribution in [0.4, 0.5) is 16.6 Å². The number of amides is 3. The number of rotatable bonds is 16. The molecule has 0 spiro atoms. The number of aromatic nitrogens is 4. The van der Waals surface area contributed by atoms with Crippen LogP contribution in [0.1, 0.15) is 112 Å². The summed E-state index contributed by atoms with van der Waals surface area (Å²) in [7, 11) is 1.93. The number of fused-ring (bicyclic) bond motifs is 3. The first kappa shape index (κ1) is 49.1. The van der Waals surface area contributed by atoms with Crippen molar-refractivity contribution in [2.24, 2.45) is 18.9 Å². The second kappa shape index (κ2) is 21.7. The van der Waals surface area contributed by atoms with Crippen LogP contribution in [0.5, 0.6) is 5.75 Å². The highest BCUT2D eigenvalue weighted by atomic mass is 32.1. The fourth-order valence-corrected chi connectivity index (χ4v) is 12.4. The second-order valence-corrected chi connectivity index (χ2v) is 21.6. The Morgan fingerprint density at radius 3 is 2.42 bits per heavy atom. The molecule has 382 valence electrons. The Bertz CT molecular complexity index is 3180. The molecule has 4 aromatic carbocycles. The Kier molecular flexibility index (Phi) is 14.4. The molecule has 4 aliphatic rings. The Morgan fingerprint density at radius 1 is 0.824 bits per heavy atom. The molecule has 3 aromatic heterocycles. The highest BCUT2D eigenvalue weighted by Crippen LogP contribution is 2.35. The van der Waals surface area contributed by atoms with E-state index < -0.39 is 11.9 Å². The van der Waals surface area contributed by atoms with Crippen molar-refractivity contribution in [2.45, 2.75) is 89.7 Å². The van der Waals surface area contributed by atoms with Gasteiger partial charge in [-0.3, -0.25) is 29.7 Å². The lowest BCUT2D eigenvalue weighted by Gasteiger charge is -2.35. The zero-order valence-electron chi connectivity index (χ0n) is 41.9. The quantitative estimate of drug-likeness (QED) is 0.0784. The van der Waals surface area contributed by atoms with Gasteiger partial charge in [-0.1, -0.05) is 47.7 Å². The molecule has 7 heterocycles. The van der Waals surface area contributed by atoms with Gasteiger partial charge >= 0.3 is 5.97 Å². The number of piperidine rings is 3. The van der Waals surface area contributed by atoms with Gasteiger partial charge in [-0.05, 0) is 173 Å². The van der Waals surface area contributed by atoms with Gasteiger partial charge in [0.1, 0.15) is 18.2 Å². The van der Waals surface area contributed by atoms with Crippen molar-refractivity contribution in [3.8, 4) is 5.75 Å². The average molecular weight is 1010 g/mol. The standard InChI is InChI=1S/C58H63N9O6S/c1-64-49-34-42(16-19-45(49)54(63-64)46-20-22-52(68)61-56(46)70)66-31-25-37(26-32-66)6-5-28-65-29-23-39(24-30-65)12-11-38-13-17-43(18-14-38)73-36-41-15-21-51(60-53(41)57(71)72)67-33-27-40-7-4-8-44(47(40)35-67)55(69)62-58-59-48-9-2-3-10-50(48)74-58/h2-4,7-10,13-19,21,34,37,39,46H,5-6,11-12,20,22-33,35-36H2,1H3,(H,71,72)(H,59,62,69)(H,61,68,70). The normalized spacial score (nSPS) is 17.9. The number of aromatic carboxylic acids is 1.